The van der Waals surface area contributed by atoms with Crippen LogP contribution in [0.5, 0.6) is 0 Å². The lowest BCUT2D eigenvalue weighted by Gasteiger charge is -2.21. The van der Waals surface area contributed by atoms with Crippen molar-refractivity contribution in [1.82, 2.24) is 10.2 Å². The van der Waals surface area contributed by atoms with Crippen molar-refractivity contribution in [3.8, 4) is 0 Å². The monoisotopic (exact) mass is 236 g/mol. The van der Waals surface area contributed by atoms with Gasteiger partial charge in [0.15, 0.2) is 0 Å². The molecule has 0 unspecified atom stereocenters. The van der Waals surface area contributed by atoms with E-state index in [-0.39, 0.29) is 5.92 Å². The molecule has 1 aromatic rings. The molecular formula is C12H16N2O3. The zero-order chi connectivity index (χ0) is 11.8. The predicted octanol–water partition coefficient (Wildman–Crippen LogP) is 1.88. The molecule has 0 bridgehead atoms. The fourth-order valence-corrected chi connectivity index (χ4v) is 2.53. The maximum Gasteiger partial charge on any atom is 0.339 e. The normalized spacial score (nSPS) is 21.6. The number of aromatic amines is 1. The molecule has 5 nitrogen and oxygen atoms in total. The first-order chi connectivity index (χ1) is 8.27. The van der Waals surface area contributed by atoms with Crippen molar-refractivity contribution in [2.24, 2.45) is 0 Å². The Bertz CT molecular complexity index is 431. The van der Waals surface area contributed by atoms with Crippen molar-refractivity contribution in [3.63, 3.8) is 0 Å². The van der Waals surface area contributed by atoms with Crippen LogP contribution in [0, 0.1) is 0 Å². The molecule has 0 aromatic carbocycles. The standard InChI is InChI=1S/C12H16N2O3/c15-12(16)9-10(7-1-2-7)13-14-11(9)8-3-5-17-6-4-8/h7-8H,1-6H2,(H,13,14)(H,15,16). The number of carbonyl (C=O) groups is 1. The fourth-order valence-electron chi connectivity index (χ4n) is 2.53. The van der Waals surface area contributed by atoms with Crippen molar-refractivity contribution in [1.29, 1.82) is 0 Å². The van der Waals surface area contributed by atoms with Gasteiger partial charge < -0.3 is 9.84 Å². The van der Waals surface area contributed by atoms with Crippen LogP contribution in [0.15, 0.2) is 0 Å². The van der Waals surface area contributed by atoms with E-state index in [9.17, 15) is 9.90 Å². The van der Waals surface area contributed by atoms with Gasteiger partial charge in [-0.25, -0.2) is 4.79 Å². The van der Waals surface area contributed by atoms with Crippen molar-refractivity contribution < 1.29 is 14.6 Å². The van der Waals surface area contributed by atoms with Gasteiger partial charge >= 0.3 is 5.97 Å². The highest BCUT2D eigenvalue weighted by molar-refractivity contribution is 5.90. The van der Waals surface area contributed by atoms with Crippen LogP contribution in [0.2, 0.25) is 0 Å². The summed E-state index contributed by atoms with van der Waals surface area (Å²) in [5.74, 6) is -0.220. The van der Waals surface area contributed by atoms with Crippen LogP contribution in [0.1, 0.15) is 59.3 Å². The summed E-state index contributed by atoms with van der Waals surface area (Å²) in [7, 11) is 0. The van der Waals surface area contributed by atoms with Crippen molar-refractivity contribution in [3.05, 3.63) is 17.0 Å². The van der Waals surface area contributed by atoms with E-state index < -0.39 is 5.97 Å². The van der Waals surface area contributed by atoms with Crippen LogP contribution >= 0.6 is 0 Å². The summed E-state index contributed by atoms with van der Waals surface area (Å²) in [6, 6.07) is 0. The summed E-state index contributed by atoms with van der Waals surface area (Å²) in [6.07, 6.45) is 3.90. The van der Waals surface area contributed by atoms with Gasteiger partial charge in [0.25, 0.3) is 0 Å². The molecule has 0 amide bonds. The molecule has 0 atom stereocenters. The molecule has 0 radical (unpaired) electrons. The van der Waals surface area contributed by atoms with E-state index in [2.05, 4.69) is 10.2 Å². The molecule has 2 fully saturated rings. The van der Waals surface area contributed by atoms with Crippen molar-refractivity contribution >= 4 is 5.97 Å². The number of H-pyrrole nitrogens is 1. The molecule has 1 aliphatic heterocycles. The zero-order valence-corrected chi connectivity index (χ0v) is 9.61. The quantitative estimate of drug-likeness (QED) is 0.840. The summed E-state index contributed by atoms with van der Waals surface area (Å²) in [6.45, 7) is 1.42. The van der Waals surface area contributed by atoms with E-state index in [1.807, 2.05) is 0 Å². The summed E-state index contributed by atoms with van der Waals surface area (Å²) in [5.41, 5.74) is 2.00. The zero-order valence-electron chi connectivity index (χ0n) is 9.61. The second-order valence-corrected chi connectivity index (χ2v) is 4.86. The minimum Gasteiger partial charge on any atom is -0.478 e. The van der Waals surface area contributed by atoms with Gasteiger partial charge in [0.2, 0.25) is 0 Å². The molecule has 1 saturated heterocycles. The van der Waals surface area contributed by atoms with Gasteiger partial charge in [-0.15, -0.1) is 0 Å². The number of hydrogen-bond acceptors (Lipinski definition) is 3. The first-order valence-corrected chi connectivity index (χ1v) is 6.16. The Kier molecular flexibility index (Phi) is 2.63. The maximum atomic E-state index is 11.4. The van der Waals surface area contributed by atoms with E-state index >= 15 is 0 Å². The number of rotatable bonds is 3. The van der Waals surface area contributed by atoms with Crippen LogP contribution in [-0.2, 0) is 4.74 Å². The number of carboxylic acid groups (broad SMARTS) is 1. The molecule has 3 rings (SSSR count). The largest absolute Gasteiger partial charge is 0.478 e. The van der Waals surface area contributed by atoms with Gasteiger partial charge in [0, 0.05) is 25.0 Å². The predicted molar refractivity (Wildman–Crippen MR) is 60.3 cm³/mol. The number of nitrogens with one attached hydrogen (secondary N) is 1. The number of hydrogen-bond donors (Lipinski definition) is 2. The Morgan fingerprint density at radius 3 is 2.53 bits per heavy atom. The minimum atomic E-state index is -0.845. The SMILES string of the molecule is O=C(O)c1c(C2CC2)n[nH]c1C1CCOCC1. The van der Waals surface area contributed by atoms with Gasteiger partial charge in [-0.05, 0) is 25.7 Å². The molecule has 5 heteroatoms. The van der Waals surface area contributed by atoms with Gasteiger partial charge in [0.1, 0.15) is 5.56 Å². The smallest absolute Gasteiger partial charge is 0.339 e. The molecule has 1 saturated carbocycles. The number of ether oxygens (including phenoxy) is 1. The molecule has 0 spiro atoms. The third kappa shape index (κ3) is 1.95. The molecule has 2 aliphatic rings. The first-order valence-electron chi connectivity index (χ1n) is 6.16. The van der Waals surface area contributed by atoms with Crippen LogP contribution in [0.3, 0.4) is 0 Å². The minimum absolute atomic E-state index is 0.259. The maximum absolute atomic E-state index is 11.4. The topological polar surface area (TPSA) is 75.2 Å². The molecule has 92 valence electrons. The van der Waals surface area contributed by atoms with E-state index in [0.29, 0.717) is 24.7 Å². The third-order valence-electron chi connectivity index (χ3n) is 3.63. The first kappa shape index (κ1) is 10.8. The Morgan fingerprint density at radius 2 is 1.94 bits per heavy atom. The van der Waals surface area contributed by atoms with Crippen molar-refractivity contribution in [2.75, 3.05) is 13.2 Å². The number of aromatic nitrogens is 2. The highest BCUT2D eigenvalue weighted by Crippen LogP contribution is 2.42. The lowest BCUT2D eigenvalue weighted by Crippen LogP contribution is -2.17. The fraction of sp³-hybridized carbons (Fsp3) is 0.667. The van der Waals surface area contributed by atoms with Crippen LogP contribution < -0.4 is 0 Å². The Morgan fingerprint density at radius 1 is 1.24 bits per heavy atom. The van der Waals surface area contributed by atoms with E-state index in [1.54, 1.807) is 0 Å². The average molecular weight is 236 g/mol. The van der Waals surface area contributed by atoms with E-state index in [0.717, 1.165) is 37.1 Å². The highest BCUT2D eigenvalue weighted by Gasteiger charge is 2.34. The molecular weight excluding hydrogens is 220 g/mol. The average Bonchev–Trinajstić information content (AvgIpc) is 3.08. The van der Waals surface area contributed by atoms with E-state index in [1.165, 1.54) is 0 Å². The number of aromatic carboxylic acids is 1. The number of carboxylic acids is 1. The van der Waals surface area contributed by atoms with Crippen LogP contribution in [0.25, 0.3) is 0 Å². The second kappa shape index (κ2) is 4.14. The molecule has 1 aromatic heterocycles. The molecule has 1 aliphatic carbocycles. The Balaban J connectivity index is 1.94. The van der Waals surface area contributed by atoms with Crippen molar-refractivity contribution in [2.45, 2.75) is 37.5 Å². The number of nitrogens with zero attached hydrogens (tertiary/aromatic N) is 1. The van der Waals surface area contributed by atoms with Gasteiger partial charge in [-0.2, -0.15) is 5.10 Å². The highest BCUT2D eigenvalue weighted by atomic mass is 16.5. The summed E-state index contributed by atoms with van der Waals surface area (Å²) < 4.78 is 5.31. The van der Waals surface area contributed by atoms with Crippen LogP contribution in [0.4, 0.5) is 0 Å². The van der Waals surface area contributed by atoms with Gasteiger partial charge in [-0.1, -0.05) is 0 Å². The van der Waals surface area contributed by atoms with E-state index in [4.69, 9.17) is 4.74 Å². The lowest BCUT2D eigenvalue weighted by molar-refractivity contribution is 0.0683. The summed E-state index contributed by atoms with van der Waals surface area (Å²) >= 11 is 0. The summed E-state index contributed by atoms with van der Waals surface area (Å²) in [4.78, 5) is 11.4. The molecule has 2 heterocycles. The van der Waals surface area contributed by atoms with Gasteiger partial charge in [0.05, 0.1) is 11.4 Å². The third-order valence-corrected chi connectivity index (χ3v) is 3.63. The lowest BCUT2D eigenvalue weighted by atomic mass is 9.92. The Hall–Kier alpha value is -1.36. The molecule has 17 heavy (non-hydrogen) atoms. The second-order valence-electron chi connectivity index (χ2n) is 4.86. The van der Waals surface area contributed by atoms with Crippen LogP contribution in [-0.4, -0.2) is 34.5 Å². The van der Waals surface area contributed by atoms with Gasteiger partial charge in [-0.3, -0.25) is 5.10 Å². The Labute approximate surface area is 99.2 Å². The molecule has 2 N–H and O–H groups in total. The summed E-state index contributed by atoms with van der Waals surface area (Å²) in [5, 5.41) is 16.5.